The number of carbonyl (C=O) groups is 1. The van der Waals surface area contributed by atoms with Crippen molar-refractivity contribution in [2.24, 2.45) is 5.92 Å². The molecule has 1 aromatic heterocycles. The van der Waals surface area contributed by atoms with Crippen LogP contribution in [0.5, 0.6) is 5.75 Å². The van der Waals surface area contributed by atoms with Crippen LogP contribution >= 0.6 is 0 Å². The second kappa shape index (κ2) is 11.0. The highest BCUT2D eigenvalue weighted by molar-refractivity contribution is 5.98. The van der Waals surface area contributed by atoms with E-state index in [2.05, 4.69) is 0 Å². The summed E-state index contributed by atoms with van der Waals surface area (Å²) in [5.74, 6) is 0.776. The van der Waals surface area contributed by atoms with Crippen molar-refractivity contribution in [3.05, 3.63) is 64.6 Å². The molecular weight excluding hydrogens is 444 g/mol. The molecule has 0 saturated carbocycles. The molecule has 0 bridgehead atoms. The number of aromatic nitrogens is 1. The van der Waals surface area contributed by atoms with Crippen molar-refractivity contribution in [2.75, 3.05) is 20.3 Å². The van der Waals surface area contributed by atoms with Crippen LogP contribution in [0, 0.1) is 5.92 Å². The molecule has 35 heavy (non-hydrogen) atoms. The van der Waals surface area contributed by atoms with Gasteiger partial charge in [0.25, 0.3) is 5.56 Å². The van der Waals surface area contributed by atoms with E-state index in [1.807, 2.05) is 77.1 Å². The van der Waals surface area contributed by atoms with Crippen molar-refractivity contribution in [3.63, 3.8) is 0 Å². The molecule has 0 spiro atoms. The first-order valence-electron chi connectivity index (χ1n) is 11.9. The number of methoxy groups -OCH3 is 1. The first kappa shape index (κ1) is 26.3. The Balaban J connectivity index is 2.36. The summed E-state index contributed by atoms with van der Waals surface area (Å²) in [6.07, 6.45) is -1.03. The maximum Gasteiger partial charge on any atom is 0.408 e. The first-order chi connectivity index (χ1) is 16.5. The molecule has 1 amide bonds. The van der Waals surface area contributed by atoms with Gasteiger partial charge in [0.05, 0.1) is 18.5 Å². The minimum Gasteiger partial charge on any atom is -0.491 e. The van der Waals surface area contributed by atoms with Gasteiger partial charge in [-0.2, -0.15) is 0 Å². The smallest absolute Gasteiger partial charge is 0.408 e. The quantitative estimate of drug-likeness (QED) is 0.402. The fourth-order valence-electron chi connectivity index (χ4n) is 4.20. The van der Waals surface area contributed by atoms with Crippen LogP contribution in [0.4, 0.5) is 4.79 Å². The van der Waals surface area contributed by atoms with Gasteiger partial charge in [0, 0.05) is 30.5 Å². The zero-order valence-corrected chi connectivity index (χ0v) is 21.5. The SMILES string of the molecule is COCCOc1ccc2c(-c3ccccc3)c(CN(C(=O)O)C(C)(C)C)n(CC(C)C)c(=O)c2c1. The van der Waals surface area contributed by atoms with E-state index in [1.54, 1.807) is 17.7 Å². The highest BCUT2D eigenvalue weighted by Gasteiger charge is 2.29. The molecular formula is C28H36N2O5. The molecule has 3 rings (SSSR count). The van der Waals surface area contributed by atoms with Crippen LogP contribution in [0.2, 0.25) is 0 Å². The number of ether oxygens (including phenoxy) is 2. The molecule has 0 atom stereocenters. The summed E-state index contributed by atoms with van der Waals surface area (Å²) in [5, 5.41) is 11.4. The molecule has 188 valence electrons. The molecule has 2 aromatic carbocycles. The van der Waals surface area contributed by atoms with Crippen LogP contribution in [0.15, 0.2) is 53.3 Å². The Morgan fingerprint density at radius 2 is 1.74 bits per heavy atom. The van der Waals surface area contributed by atoms with E-state index in [1.165, 1.54) is 4.90 Å². The minimum absolute atomic E-state index is 0.0903. The molecule has 1 heterocycles. The summed E-state index contributed by atoms with van der Waals surface area (Å²) in [7, 11) is 1.61. The van der Waals surface area contributed by atoms with Gasteiger partial charge in [-0.3, -0.25) is 9.69 Å². The van der Waals surface area contributed by atoms with Gasteiger partial charge in [0.1, 0.15) is 12.4 Å². The largest absolute Gasteiger partial charge is 0.491 e. The van der Waals surface area contributed by atoms with Gasteiger partial charge < -0.3 is 19.1 Å². The molecule has 0 aliphatic heterocycles. The Kier molecular flexibility index (Phi) is 8.22. The fraction of sp³-hybridized carbons (Fsp3) is 0.429. The van der Waals surface area contributed by atoms with Crippen LogP contribution < -0.4 is 10.3 Å². The van der Waals surface area contributed by atoms with E-state index < -0.39 is 11.6 Å². The summed E-state index contributed by atoms with van der Waals surface area (Å²) in [6, 6.07) is 15.3. The summed E-state index contributed by atoms with van der Waals surface area (Å²) in [4.78, 5) is 27.5. The van der Waals surface area contributed by atoms with Gasteiger partial charge >= 0.3 is 6.09 Å². The van der Waals surface area contributed by atoms with Crippen molar-refractivity contribution in [2.45, 2.75) is 53.2 Å². The van der Waals surface area contributed by atoms with Gasteiger partial charge in [0.15, 0.2) is 0 Å². The lowest BCUT2D eigenvalue weighted by Crippen LogP contribution is -2.45. The molecule has 7 nitrogen and oxygen atoms in total. The van der Waals surface area contributed by atoms with Crippen molar-refractivity contribution in [1.29, 1.82) is 0 Å². The molecule has 0 aliphatic carbocycles. The highest BCUT2D eigenvalue weighted by atomic mass is 16.5. The lowest BCUT2D eigenvalue weighted by molar-refractivity contribution is 0.0937. The van der Waals surface area contributed by atoms with Gasteiger partial charge in [-0.15, -0.1) is 0 Å². The summed E-state index contributed by atoms with van der Waals surface area (Å²) >= 11 is 0. The normalized spacial score (nSPS) is 11.7. The highest BCUT2D eigenvalue weighted by Crippen LogP contribution is 2.34. The van der Waals surface area contributed by atoms with E-state index in [0.29, 0.717) is 36.6 Å². The fourth-order valence-corrected chi connectivity index (χ4v) is 4.20. The molecule has 0 fully saturated rings. The third kappa shape index (κ3) is 6.03. The number of pyridine rings is 1. The van der Waals surface area contributed by atoms with Crippen molar-refractivity contribution in [1.82, 2.24) is 9.47 Å². The molecule has 0 aliphatic rings. The third-order valence-electron chi connectivity index (χ3n) is 5.87. The van der Waals surface area contributed by atoms with Crippen LogP contribution in [-0.4, -0.2) is 46.5 Å². The maximum absolute atomic E-state index is 13.9. The molecule has 0 unspecified atom stereocenters. The zero-order chi connectivity index (χ0) is 25.8. The Labute approximate surface area is 206 Å². The van der Waals surface area contributed by atoms with Gasteiger partial charge in [-0.1, -0.05) is 44.2 Å². The number of carboxylic acid groups (broad SMARTS) is 1. The topological polar surface area (TPSA) is 81.0 Å². The Bertz CT molecular complexity index is 1230. The molecule has 1 N–H and O–H groups in total. The van der Waals surface area contributed by atoms with E-state index in [0.717, 1.165) is 16.5 Å². The van der Waals surface area contributed by atoms with Gasteiger partial charge in [0.2, 0.25) is 0 Å². The second-order valence-electron chi connectivity index (χ2n) is 10.1. The van der Waals surface area contributed by atoms with Gasteiger partial charge in [-0.25, -0.2) is 4.79 Å². The standard InChI is InChI=1S/C28H36N2O5/c1-19(2)17-29-24(18-30(27(32)33)28(3,4)5)25(20-10-8-7-9-11-20)22-13-12-21(35-15-14-34-6)16-23(22)26(29)31/h7-13,16,19H,14-15,17-18H2,1-6H3,(H,32,33). The van der Waals surface area contributed by atoms with E-state index in [4.69, 9.17) is 9.47 Å². The number of amides is 1. The average Bonchev–Trinajstić information content (AvgIpc) is 2.79. The molecule has 0 saturated heterocycles. The average molecular weight is 481 g/mol. The maximum atomic E-state index is 13.9. The molecule has 3 aromatic rings. The van der Waals surface area contributed by atoms with E-state index in [-0.39, 0.29) is 18.0 Å². The Morgan fingerprint density at radius 3 is 2.31 bits per heavy atom. The van der Waals surface area contributed by atoms with Crippen molar-refractivity contribution < 1.29 is 19.4 Å². The van der Waals surface area contributed by atoms with Gasteiger partial charge in [-0.05, 0) is 55.8 Å². The predicted molar refractivity (Wildman–Crippen MR) is 139 cm³/mol. The molecule has 7 heteroatoms. The summed E-state index contributed by atoms with van der Waals surface area (Å²) in [5.41, 5.74) is 1.68. The number of benzene rings is 2. The summed E-state index contributed by atoms with van der Waals surface area (Å²) in [6.45, 7) is 11.1. The van der Waals surface area contributed by atoms with Crippen molar-refractivity contribution >= 4 is 16.9 Å². The third-order valence-corrected chi connectivity index (χ3v) is 5.87. The summed E-state index contributed by atoms with van der Waals surface area (Å²) < 4.78 is 12.6. The minimum atomic E-state index is -1.03. The first-order valence-corrected chi connectivity index (χ1v) is 11.9. The number of fused-ring (bicyclic) bond motifs is 1. The lowest BCUT2D eigenvalue weighted by atomic mass is 9.95. The predicted octanol–water partition coefficient (Wildman–Crippen LogP) is 5.63. The Morgan fingerprint density at radius 1 is 1.06 bits per heavy atom. The lowest BCUT2D eigenvalue weighted by Gasteiger charge is -2.35. The number of hydrogen-bond acceptors (Lipinski definition) is 4. The number of hydrogen-bond donors (Lipinski definition) is 1. The Hall–Kier alpha value is -3.32. The van der Waals surface area contributed by atoms with Crippen LogP contribution in [0.3, 0.4) is 0 Å². The monoisotopic (exact) mass is 480 g/mol. The van der Waals surface area contributed by atoms with Crippen LogP contribution in [-0.2, 0) is 17.8 Å². The van der Waals surface area contributed by atoms with Crippen LogP contribution in [0.1, 0.15) is 40.3 Å². The zero-order valence-electron chi connectivity index (χ0n) is 21.5. The second-order valence-corrected chi connectivity index (χ2v) is 10.1. The van der Waals surface area contributed by atoms with E-state index in [9.17, 15) is 14.7 Å². The number of rotatable bonds is 9. The van der Waals surface area contributed by atoms with E-state index >= 15 is 0 Å². The van der Waals surface area contributed by atoms with Crippen LogP contribution in [0.25, 0.3) is 21.9 Å². The molecule has 0 radical (unpaired) electrons. The van der Waals surface area contributed by atoms with Crippen molar-refractivity contribution in [3.8, 4) is 16.9 Å². The number of nitrogens with zero attached hydrogens (tertiary/aromatic N) is 2.